The lowest BCUT2D eigenvalue weighted by Crippen LogP contribution is -2.44. The number of rotatable bonds is 12. The zero-order valence-electron chi connectivity index (χ0n) is 31.6. The predicted octanol–water partition coefficient (Wildman–Crippen LogP) is 13.0. The molecule has 0 heterocycles. The Morgan fingerprint density at radius 2 is 0.576 bits per heavy atom. The number of carbonyl (C=O) groups is 2. The summed E-state index contributed by atoms with van der Waals surface area (Å²) in [5, 5.41) is 0. The van der Waals surface area contributed by atoms with Gasteiger partial charge in [0.05, 0.1) is 11.1 Å². The minimum Gasteiger partial charge on any atom is -0.423 e. The molecule has 0 unspecified atom stereocenters. The fourth-order valence-electron chi connectivity index (χ4n) is 7.29. The molecule has 0 aliphatic heterocycles. The summed E-state index contributed by atoms with van der Waals surface area (Å²) in [7, 11) is 0. The highest BCUT2D eigenvalue weighted by molar-refractivity contribution is 9.10. The van der Waals surface area contributed by atoms with Crippen molar-refractivity contribution in [3.05, 3.63) is 272 Å². The van der Waals surface area contributed by atoms with Crippen LogP contribution in [-0.4, -0.2) is 11.9 Å². The van der Waals surface area contributed by atoms with Gasteiger partial charge in [-0.15, -0.1) is 0 Å². The molecule has 0 amide bonds. The Bertz CT molecular complexity index is 2370. The highest BCUT2D eigenvalue weighted by Gasteiger charge is 2.49. The Labute approximate surface area is 360 Å². The molecule has 0 saturated heterocycles. The van der Waals surface area contributed by atoms with E-state index in [0.29, 0.717) is 22.6 Å². The number of esters is 2. The van der Waals surface area contributed by atoms with Gasteiger partial charge >= 0.3 is 11.9 Å². The van der Waals surface area contributed by atoms with Crippen LogP contribution in [-0.2, 0) is 15.9 Å². The van der Waals surface area contributed by atoms with E-state index in [1.165, 1.54) is 0 Å². The molecule has 0 bridgehead atoms. The van der Waals surface area contributed by atoms with Gasteiger partial charge in [0.25, 0.3) is 0 Å². The van der Waals surface area contributed by atoms with Crippen molar-refractivity contribution in [3.8, 4) is 11.5 Å². The molecule has 8 rings (SSSR count). The third-order valence-electron chi connectivity index (χ3n) is 10.1. The molecule has 8 aromatic rings. The van der Waals surface area contributed by atoms with Crippen molar-refractivity contribution in [1.82, 2.24) is 0 Å². The second-order valence-corrected chi connectivity index (χ2v) is 15.6. The van der Waals surface area contributed by atoms with Crippen molar-refractivity contribution in [2.45, 2.75) is 11.2 Å². The molecule has 0 saturated carbocycles. The first-order chi connectivity index (χ1) is 28.8. The number of carbonyl (C=O) groups excluding carboxylic acids is 2. The van der Waals surface area contributed by atoms with Crippen LogP contribution in [0.4, 0.5) is 0 Å². The average molecular weight is 901 g/mol. The molecule has 0 aliphatic carbocycles. The number of hydrogen-bond acceptors (Lipinski definition) is 5. The van der Waals surface area contributed by atoms with Crippen LogP contribution in [0.2, 0.25) is 0 Å². The summed E-state index contributed by atoms with van der Waals surface area (Å²) in [6.07, 6.45) is 0. The van der Waals surface area contributed by atoms with Gasteiger partial charge in [-0.2, -0.15) is 0 Å². The van der Waals surface area contributed by atoms with Crippen molar-refractivity contribution in [2.24, 2.45) is 0 Å². The molecule has 0 aromatic heterocycles. The second-order valence-electron chi connectivity index (χ2n) is 13.8. The van der Waals surface area contributed by atoms with Crippen molar-refractivity contribution < 1.29 is 23.8 Å². The van der Waals surface area contributed by atoms with Gasteiger partial charge < -0.3 is 14.2 Å². The summed E-state index contributed by atoms with van der Waals surface area (Å²) in [6, 6.07) is 69.7. The topological polar surface area (TPSA) is 61.8 Å². The van der Waals surface area contributed by atoms with Crippen molar-refractivity contribution in [1.29, 1.82) is 0 Å². The largest absolute Gasteiger partial charge is 0.423 e. The van der Waals surface area contributed by atoms with Gasteiger partial charge in [-0.25, -0.2) is 9.59 Å². The zero-order valence-corrected chi connectivity index (χ0v) is 34.8. The summed E-state index contributed by atoms with van der Waals surface area (Å²) >= 11 is 6.86. The lowest BCUT2D eigenvalue weighted by molar-refractivity contribution is -0.0810. The quantitative estimate of drug-likeness (QED) is 0.0694. The van der Waals surface area contributed by atoms with Crippen LogP contribution in [0.3, 0.4) is 0 Å². The predicted molar refractivity (Wildman–Crippen MR) is 238 cm³/mol. The normalized spacial score (nSPS) is 11.4. The van der Waals surface area contributed by atoms with Crippen LogP contribution in [0, 0.1) is 0 Å². The monoisotopic (exact) mass is 898 g/mol. The first kappa shape index (κ1) is 39.4. The molecule has 288 valence electrons. The Balaban J connectivity index is 1.31. The Kier molecular flexibility index (Phi) is 11.8. The summed E-state index contributed by atoms with van der Waals surface area (Å²) in [6.45, 7) is 0. The maximum atomic E-state index is 13.2. The number of hydrogen-bond donors (Lipinski definition) is 0. The average Bonchev–Trinajstić information content (AvgIpc) is 3.29. The van der Waals surface area contributed by atoms with Gasteiger partial charge in [0.15, 0.2) is 0 Å². The lowest BCUT2D eigenvalue weighted by Gasteiger charge is -2.46. The molecule has 0 radical (unpaired) electrons. The molecule has 0 aliphatic rings. The van der Waals surface area contributed by atoms with E-state index in [1.54, 1.807) is 72.8 Å². The maximum Gasteiger partial charge on any atom is 0.343 e. The minimum absolute atomic E-state index is 0.391. The van der Waals surface area contributed by atoms with Crippen LogP contribution in [0.1, 0.15) is 54.1 Å². The van der Waals surface area contributed by atoms with Crippen LogP contribution in [0.15, 0.2) is 227 Å². The fraction of sp³-hybridized carbons (Fsp3) is 0.0385. The van der Waals surface area contributed by atoms with Gasteiger partial charge in [0.2, 0.25) is 0 Å². The standard InChI is InChI=1S/C52H36Br2O5/c53-45-29-21-37(22-30-45)49(55)57-47-33-25-43(26-34-47)51(39-13-5-1-6-14-39,40-15-7-2-8-16-40)59-52(41-17-9-3-10-18-41,42-19-11-4-12-20-42)44-27-35-48(36-28-44)58-50(56)38-23-31-46(54)32-24-38/h1-36H. The van der Waals surface area contributed by atoms with Crippen LogP contribution >= 0.6 is 31.9 Å². The molecular weight excluding hydrogens is 864 g/mol. The fourth-order valence-corrected chi connectivity index (χ4v) is 7.82. The maximum absolute atomic E-state index is 13.2. The molecular formula is C52H36Br2O5. The third-order valence-corrected chi connectivity index (χ3v) is 11.2. The Morgan fingerprint density at radius 3 is 0.847 bits per heavy atom. The first-order valence-corrected chi connectivity index (χ1v) is 20.5. The van der Waals surface area contributed by atoms with Crippen LogP contribution in [0.25, 0.3) is 0 Å². The Hall–Kier alpha value is -6.38. The molecule has 0 N–H and O–H groups in total. The number of benzene rings is 8. The van der Waals surface area contributed by atoms with Gasteiger partial charge in [-0.1, -0.05) is 177 Å². The second kappa shape index (κ2) is 17.6. The van der Waals surface area contributed by atoms with E-state index in [4.69, 9.17) is 14.2 Å². The molecule has 59 heavy (non-hydrogen) atoms. The SMILES string of the molecule is O=C(Oc1ccc(C(OC(c2ccccc2)(c2ccccc2)c2ccc(OC(=O)c3ccc(Br)cc3)cc2)(c2ccccc2)c2ccccc2)cc1)c1ccc(Br)cc1. The first-order valence-electron chi connectivity index (χ1n) is 18.9. The van der Waals surface area contributed by atoms with Crippen LogP contribution < -0.4 is 9.47 Å². The van der Waals surface area contributed by atoms with Crippen molar-refractivity contribution in [3.63, 3.8) is 0 Å². The van der Waals surface area contributed by atoms with Crippen molar-refractivity contribution in [2.75, 3.05) is 0 Å². The number of ether oxygens (including phenoxy) is 3. The smallest absolute Gasteiger partial charge is 0.343 e. The third kappa shape index (κ3) is 8.32. The molecule has 0 atom stereocenters. The summed E-state index contributed by atoms with van der Waals surface area (Å²) < 4.78 is 21.6. The highest BCUT2D eigenvalue weighted by atomic mass is 79.9. The molecule has 0 spiro atoms. The van der Waals surface area contributed by atoms with Gasteiger partial charge in [-0.05, 0) is 106 Å². The molecule has 0 fully saturated rings. The number of halogens is 2. The zero-order chi connectivity index (χ0) is 40.7. The summed E-state index contributed by atoms with van der Waals surface area (Å²) in [5.74, 6) is -0.140. The van der Waals surface area contributed by atoms with E-state index >= 15 is 0 Å². The summed E-state index contributed by atoms with van der Waals surface area (Å²) in [4.78, 5) is 26.4. The highest BCUT2D eigenvalue weighted by Crippen LogP contribution is 2.51. The molecule has 8 aromatic carbocycles. The van der Waals surface area contributed by atoms with Crippen LogP contribution in [0.5, 0.6) is 11.5 Å². The van der Waals surface area contributed by atoms with E-state index in [2.05, 4.69) is 80.4 Å². The van der Waals surface area contributed by atoms with E-state index in [-0.39, 0.29) is 0 Å². The van der Waals surface area contributed by atoms with E-state index in [9.17, 15) is 9.59 Å². The van der Waals surface area contributed by atoms with E-state index in [0.717, 1.165) is 42.3 Å². The lowest BCUT2D eigenvalue weighted by atomic mass is 9.75. The van der Waals surface area contributed by atoms with Gasteiger partial charge in [0.1, 0.15) is 22.7 Å². The van der Waals surface area contributed by atoms with E-state index < -0.39 is 23.1 Å². The minimum atomic E-state index is -1.25. The Morgan fingerprint density at radius 1 is 0.322 bits per heavy atom. The molecule has 5 nitrogen and oxygen atoms in total. The van der Waals surface area contributed by atoms with Gasteiger partial charge in [0, 0.05) is 8.95 Å². The van der Waals surface area contributed by atoms with Gasteiger partial charge in [-0.3, -0.25) is 0 Å². The van der Waals surface area contributed by atoms with Crippen molar-refractivity contribution >= 4 is 43.8 Å². The van der Waals surface area contributed by atoms with E-state index in [1.807, 2.05) is 97.1 Å². The molecule has 7 heteroatoms. The summed E-state index contributed by atoms with van der Waals surface area (Å²) in [5.41, 5.74) is 3.48.